The van der Waals surface area contributed by atoms with Crippen LogP contribution in [0.25, 0.3) is 0 Å². The van der Waals surface area contributed by atoms with E-state index in [1.54, 1.807) is 25.1 Å². The molecule has 1 rings (SSSR count). The summed E-state index contributed by atoms with van der Waals surface area (Å²) in [4.78, 5) is 40.3. The van der Waals surface area contributed by atoms with Gasteiger partial charge in [0, 0.05) is 23.7 Å². The first kappa shape index (κ1) is 31.9. The van der Waals surface area contributed by atoms with Gasteiger partial charge in [0.15, 0.2) is 0 Å². The van der Waals surface area contributed by atoms with Crippen molar-refractivity contribution in [3.05, 3.63) is 41.5 Å². The molecule has 3 atom stereocenters. The molecule has 0 saturated heterocycles. The number of nitrogens with one attached hydrogen (secondary N) is 3. The number of hydrogen-bond donors (Lipinski definition) is 4. The molecule has 0 fully saturated rings. The molecular weight excluding hydrogens is 571 g/mol. The summed E-state index contributed by atoms with van der Waals surface area (Å²) in [5, 5.41) is 15.5. The molecule has 0 aromatic heterocycles. The highest BCUT2D eigenvalue weighted by molar-refractivity contribution is 14.1. The fourth-order valence-electron chi connectivity index (χ4n) is 4.27. The van der Waals surface area contributed by atoms with Gasteiger partial charge in [-0.3, -0.25) is 9.59 Å². The summed E-state index contributed by atoms with van der Waals surface area (Å²) in [7, 11) is 3.40. The van der Waals surface area contributed by atoms with E-state index in [1.165, 1.54) is 6.92 Å². The molecule has 36 heavy (non-hydrogen) atoms. The van der Waals surface area contributed by atoms with Gasteiger partial charge in [-0.05, 0) is 43.0 Å². The summed E-state index contributed by atoms with van der Waals surface area (Å²) in [5.41, 5.74) is 0.919. The van der Waals surface area contributed by atoms with E-state index >= 15 is 0 Å². The molecule has 0 aliphatic carbocycles. The smallest absolute Gasteiger partial charge is 0.331 e. The third-order valence-electron chi connectivity index (χ3n) is 6.62. The van der Waals surface area contributed by atoms with Crippen molar-refractivity contribution in [1.82, 2.24) is 15.5 Å². The SMILES string of the molecule is CN[C@H](C(=O)N[C@H](C(=O)N(C)[C@H](/C=C(\C)C(=O)O)C(C)C)C(C)(C)C)C(C)(C)c1cccc(NI)c1. The fraction of sp³-hybridized carbons (Fsp3) is 0.593. The van der Waals surface area contributed by atoms with Crippen LogP contribution in [0.5, 0.6) is 0 Å². The number of carbonyl (C=O) groups excluding carboxylic acids is 2. The molecule has 2 amide bonds. The van der Waals surface area contributed by atoms with Gasteiger partial charge in [-0.1, -0.05) is 66.7 Å². The van der Waals surface area contributed by atoms with Gasteiger partial charge < -0.3 is 24.2 Å². The first-order valence-electron chi connectivity index (χ1n) is 12.1. The van der Waals surface area contributed by atoms with Crippen molar-refractivity contribution >= 4 is 46.3 Å². The Morgan fingerprint density at radius 1 is 1.08 bits per heavy atom. The number of likely N-dealkylation sites (N-methyl/N-ethyl adjacent to an activating group) is 2. The summed E-state index contributed by atoms with van der Waals surface area (Å²) in [5.74, 6) is -1.60. The molecule has 9 heteroatoms. The van der Waals surface area contributed by atoms with Crippen molar-refractivity contribution in [2.75, 3.05) is 17.6 Å². The lowest BCUT2D eigenvalue weighted by molar-refractivity contribution is -0.141. The first-order valence-corrected chi connectivity index (χ1v) is 13.2. The minimum Gasteiger partial charge on any atom is -0.478 e. The van der Waals surface area contributed by atoms with Gasteiger partial charge in [-0.15, -0.1) is 0 Å². The molecule has 0 heterocycles. The quantitative estimate of drug-likeness (QED) is 0.168. The van der Waals surface area contributed by atoms with Crippen molar-refractivity contribution in [3.63, 3.8) is 0 Å². The molecule has 202 valence electrons. The third kappa shape index (κ3) is 7.93. The number of anilines is 1. The zero-order valence-electron chi connectivity index (χ0n) is 23.2. The Balaban J connectivity index is 3.33. The maximum Gasteiger partial charge on any atom is 0.331 e. The molecule has 0 aliphatic rings. The number of hydrogen-bond acceptors (Lipinski definition) is 5. The van der Waals surface area contributed by atoms with Crippen LogP contribution < -0.4 is 14.2 Å². The Morgan fingerprint density at radius 2 is 1.67 bits per heavy atom. The van der Waals surface area contributed by atoms with E-state index in [4.69, 9.17) is 0 Å². The summed E-state index contributed by atoms with van der Waals surface area (Å²) < 4.78 is 3.10. The van der Waals surface area contributed by atoms with Crippen LogP contribution in [0.1, 0.15) is 61.0 Å². The van der Waals surface area contributed by atoms with Crippen LogP contribution in [0.3, 0.4) is 0 Å². The Hall–Kier alpha value is -2.14. The summed E-state index contributed by atoms with van der Waals surface area (Å²) in [6.45, 7) is 15.1. The Labute approximate surface area is 230 Å². The summed E-state index contributed by atoms with van der Waals surface area (Å²) in [6.07, 6.45) is 1.60. The van der Waals surface area contributed by atoms with Crippen LogP contribution in [0.2, 0.25) is 0 Å². The Bertz CT molecular complexity index is 969. The fourth-order valence-corrected chi connectivity index (χ4v) is 4.60. The normalized spacial score (nSPS) is 15.2. The second-order valence-electron chi connectivity index (χ2n) is 11.3. The lowest BCUT2D eigenvalue weighted by atomic mass is 9.76. The zero-order valence-corrected chi connectivity index (χ0v) is 25.4. The zero-order chi connectivity index (χ0) is 28.0. The van der Waals surface area contributed by atoms with Crippen LogP contribution >= 0.6 is 22.9 Å². The number of carboxylic acids is 1. The van der Waals surface area contributed by atoms with Crippen molar-refractivity contribution < 1.29 is 19.5 Å². The molecule has 0 spiro atoms. The molecule has 8 nitrogen and oxygen atoms in total. The standard InChI is InChI=1S/C27H43IN4O4/c1-16(2)20(14-17(3)25(35)36)32(10)24(34)22(26(4,5)6)30-23(33)21(29-9)27(7,8)18-12-11-13-19(15-18)31-28/h11-16,20-22,29,31H,1-10H3,(H,30,33)(H,35,36)/b17-14+/t20-,21-,22-/m1/s1. The number of benzene rings is 1. The average molecular weight is 615 g/mol. The van der Waals surface area contributed by atoms with Gasteiger partial charge in [0.25, 0.3) is 0 Å². The molecule has 1 aromatic carbocycles. The number of carbonyl (C=O) groups is 3. The summed E-state index contributed by atoms with van der Waals surface area (Å²) in [6, 6.07) is 6.03. The monoisotopic (exact) mass is 614 g/mol. The molecule has 4 N–H and O–H groups in total. The van der Waals surface area contributed by atoms with Gasteiger partial charge in [0.05, 0.1) is 34.9 Å². The van der Waals surface area contributed by atoms with Gasteiger partial charge in [-0.25, -0.2) is 4.79 Å². The largest absolute Gasteiger partial charge is 0.478 e. The predicted octanol–water partition coefficient (Wildman–Crippen LogP) is 4.36. The maximum atomic E-state index is 13.7. The second-order valence-corrected chi connectivity index (χ2v) is 11.8. The highest BCUT2D eigenvalue weighted by Crippen LogP contribution is 2.31. The topological polar surface area (TPSA) is 111 Å². The van der Waals surface area contributed by atoms with E-state index in [0.29, 0.717) is 0 Å². The predicted molar refractivity (Wildman–Crippen MR) is 154 cm³/mol. The van der Waals surface area contributed by atoms with Crippen molar-refractivity contribution in [2.45, 2.75) is 78.9 Å². The van der Waals surface area contributed by atoms with Gasteiger partial charge in [0.2, 0.25) is 11.8 Å². The third-order valence-corrected chi connectivity index (χ3v) is 7.25. The van der Waals surface area contributed by atoms with Crippen molar-refractivity contribution in [3.8, 4) is 0 Å². The van der Waals surface area contributed by atoms with E-state index in [-0.39, 0.29) is 23.3 Å². The number of nitrogens with zero attached hydrogens (tertiary/aromatic N) is 1. The highest BCUT2D eigenvalue weighted by atomic mass is 127. The van der Waals surface area contributed by atoms with E-state index < -0.39 is 34.9 Å². The molecule has 0 radical (unpaired) electrons. The van der Waals surface area contributed by atoms with E-state index in [1.807, 2.05) is 72.7 Å². The molecule has 0 bridgehead atoms. The molecular formula is C27H43IN4O4. The average Bonchev–Trinajstić information content (AvgIpc) is 2.79. The number of rotatable bonds is 11. The van der Waals surface area contributed by atoms with E-state index in [2.05, 4.69) is 37.0 Å². The number of carboxylic acid groups (broad SMARTS) is 1. The Morgan fingerprint density at radius 3 is 2.11 bits per heavy atom. The van der Waals surface area contributed by atoms with Crippen LogP contribution in [0, 0.1) is 11.3 Å². The van der Waals surface area contributed by atoms with E-state index in [9.17, 15) is 19.5 Å². The molecule has 0 aliphatic heterocycles. The van der Waals surface area contributed by atoms with Crippen molar-refractivity contribution in [2.24, 2.45) is 11.3 Å². The van der Waals surface area contributed by atoms with Gasteiger partial charge >= 0.3 is 5.97 Å². The second kappa shape index (κ2) is 12.9. The summed E-state index contributed by atoms with van der Waals surface area (Å²) >= 11 is 2.07. The maximum absolute atomic E-state index is 13.7. The van der Waals surface area contributed by atoms with Crippen LogP contribution in [-0.4, -0.2) is 60.0 Å². The minimum atomic E-state index is -1.02. The van der Waals surface area contributed by atoms with Crippen LogP contribution in [0.15, 0.2) is 35.9 Å². The first-order chi connectivity index (χ1) is 16.5. The highest BCUT2D eigenvalue weighted by Gasteiger charge is 2.41. The van der Waals surface area contributed by atoms with Gasteiger partial charge in [-0.2, -0.15) is 0 Å². The van der Waals surface area contributed by atoms with Gasteiger partial charge in [0.1, 0.15) is 6.04 Å². The van der Waals surface area contributed by atoms with E-state index in [0.717, 1.165) is 11.3 Å². The molecule has 1 aromatic rings. The molecule has 0 saturated carbocycles. The number of aliphatic carboxylic acids is 1. The Kier molecular flexibility index (Phi) is 11.4. The van der Waals surface area contributed by atoms with Crippen LogP contribution in [0.4, 0.5) is 5.69 Å². The van der Waals surface area contributed by atoms with Crippen molar-refractivity contribution in [1.29, 1.82) is 0 Å². The number of amides is 2. The lowest BCUT2D eigenvalue weighted by Gasteiger charge is -2.40. The minimum absolute atomic E-state index is 0.0210. The number of halogens is 1. The van der Waals surface area contributed by atoms with Crippen LogP contribution in [-0.2, 0) is 19.8 Å². The molecule has 0 unspecified atom stereocenters. The lowest BCUT2D eigenvalue weighted by Crippen LogP contribution is -2.61.